The van der Waals surface area contributed by atoms with E-state index < -0.39 is 6.10 Å². The van der Waals surface area contributed by atoms with E-state index in [4.69, 9.17) is 10.5 Å². The molecule has 2 aliphatic rings. The Hall–Kier alpha value is -2.12. The molecule has 4 rings (SSSR count). The van der Waals surface area contributed by atoms with Crippen molar-refractivity contribution in [1.82, 2.24) is 14.3 Å². The lowest BCUT2D eigenvalue weighted by molar-refractivity contribution is 0.136. The monoisotopic (exact) mass is 358 g/mol. The van der Waals surface area contributed by atoms with Crippen LogP contribution in [0.15, 0.2) is 23.0 Å². The van der Waals surface area contributed by atoms with Gasteiger partial charge < -0.3 is 15.6 Å². The van der Waals surface area contributed by atoms with Crippen LogP contribution >= 0.6 is 0 Å². The summed E-state index contributed by atoms with van der Waals surface area (Å²) in [6, 6.07) is 6.23. The maximum absolute atomic E-state index is 12.5. The second kappa shape index (κ2) is 6.89. The number of fused-ring (bicyclic) bond motifs is 1. The number of benzene rings is 1. The standard InChI is InChI=1S/C19H26N4O3/c1-22-18(14-9-15(11-20)16(24)10-14)21-23(19(22)25)6-4-12-2-3-17-13(8-12)5-7-26-17/h2-3,8,14-16,24H,4-7,9-11,20H2,1H3/t14-,15+,16+/m0/s1. The predicted octanol–water partition coefficient (Wildman–Crippen LogP) is 0.573. The first-order valence-electron chi connectivity index (χ1n) is 9.33. The van der Waals surface area contributed by atoms with E-state index in [1.54, 1.807) is 16.3 Å². The summed E-state index contributed by atoms with van der Waals surface area (Å²) < 4.78 is 8.70. The zero-order chi connectivity index (χ0) is 18.3. The SMILES string of the molecule is Cn1c([C@H]2C[C@H](CN)[C@H](O)C2)nn(CCc2ccc3c(c2)CCO3)c1=O. The van der Waals surface area contributed by atoms with Crippen LogP contribution < -0.4 is 16.2 Å². The van der Waals surface area contributed by atoms with E-state index >= 15 is 0 Å². The van der Waals surface area contributed by atoms with Gasteiger partial charge in [0.15, 0.2) is 0 Å². The molecule has 1 aromatic heterocycles. The van der Waals surface area contributed by atoms with Crippen LogP contribution in [0, 0.1) is 5.92 Å². The molecule has 2 aromatic rings. The molecular formula is C19H26N4O3. The minimum Gasteiger partial charge on any atom is -0.493 e. The second-order valence-corrected chi connectivity index (χ2v) is 7.44. The highest BCUT2D eigenvalue weighted by atomic mass is 16.5. The van der Waals surface area contributed by atoms with E-state index in [1.165, 1.54) is 11.1 Å². The number of aliphatic hydroxyl groups is 1. The van der Waals surface area contributed by atoms with Crippen LogP contribution in [0.25, 0.3) is 0 Å². The van der Waals surface area contributed by atoms with Gasteiger partial charge >= 0.3 is 5.69 Å². The third-order valence-electron chi connectivity index (χ3n) is 5.77. The van der Waals surface area contributed by atoms with Crippen LogP contribution in [-0.4, -0.2) is 38.7 Å². The molecule has 26 heavy (non-hydrogen) atoms. The summed E-state index contributed by atoms with van der Waals surface area (Å²) in [4.78, 5) is 12.5. The Kier molecular flexibility index (Phi) is 4.58. The van der Waals surface area contributed by atoms with E-state index in [0.717, 1.165) is 37.4 Å². The van der Waals surface area contributed by atoms with Gasteiger partial charge in [-0.3, -0.25) is 4.57 Å². The molecule has 1 aliphatic heterocycles. The average Bonchev–Trinajstić information content (AvgIpc) is 3.32. The molecule has 1 saturated carbocycles. The summed E-state index contributed by atoms with van der Waals surface area (Å²) >= 11 is 0. The van der Waals surface area contributed by atoms with E-state index in [1.807, 2.05) is 6.07 Å². The molecule has 0 amide bonds. The third kappa shape index (κ3) is 3.05. The topological polar surface area (TPSA) is 95.3 Å². The van der Waals surface area contributed by atoms with E-state index in [2.05, 4.69) is 17.2 Å². The molecule has 0 unspecified atom stereocenters. The summed E-state index contributed by atoms with van der Waals surface area (Å²) in [5.41, 5.74) is 8.05. The first kappa shape index (κ1) is 17.3. The molecule has 0 radical (unpaired) electrons. The highest BCUT2D eigenvalue weighted by Crippen LogP contribution is 2.36. The Morgan fingerprint density at radius 3 is 3.00 bits per heavy atom. The fourth-order valence-corrected chi connectivity index (χ4v) is 4.20. The number of nitrogens with zero attached hydrogens (tertiary/aromatic N) is 3. The average molecular weight is 358 g/mol. The first-order chi connectivity index (χ1) is 12.6. The van der Waals surface area contributed by atoms with Gasteiger partial charge in [0, 0.05) is 19.4 Å². The van der Waals surface area contributed by atoms with Crippen molar-refractivity contribution < 1.29 is 9.84 Å². The Balaban J connectivity index is 1.49. The number of aliphatic hydroxyl groups excluding tert-OH is 1. The lowest BCUT2D eigenvalue weighted by Crippen LogP contribution is -2.24. The van der Waals surface area contributed by atoms with Crippen molar-refractivity contribution in [1.29, 1.82) is 0 Å². The minimum absolute atomic E-state index is 0.0916. The third-order valence-corrected chi connectivity index (χ3v) is 5.77. The van der Waals surface area contributed by atoms with Crippen molar-refractivity contribution >= 4 is 0 Å². The van der Waals surface area contributed by atoms with Gasteiger partial charge in [-0.2, -0.15) is 5.10 Å². The number of rotatable bonds is 5. The normalized spacial score (nSPS) is 24.7. The number of hydrogen-bond donors (Lipinski definition) is 2. The largest absolute Gasteiger partial charge is 0.493 e. The molecular weight excluding hydrogens is 332 g/mol. The molecule has 0 saturated heterocycles. The molecule has 7 heteroatoms. The quantitative estimate of drug-likeness (QED) is 0.815. The van der Waals surface area contributed by atoms with Gasteiger partial charge in [0.05, 0.1) is 19.3 Å². The van der Waals surface area contributed by atoms with Gasteiger partial charge in [-0.25, -0.2) is 9.48 Å². The van der Waals surface area contributed by atoms with Crippen LogP contribution in [0.4, 0.5) is 0 Å². The van der Waals surface area contributed by atoms with Crippen molar-refractivity contribution in [2.45, 2.75) is 44.2 Å². The van der Waals surface area contributed by atoms with Crippen molar-refractivity contribution in [3.63, 3.8) is 0 Å². The number of hydrogen-bond acceptors (Lipinski definition) is 5. The smallest absolute Gasteiger partial charge is 0.345 e. The second-order valence-electron chi connectivity index (χ2n) is 7.44. The van der Waals surface area contributed by atoms with Crippen molar-refractivity contribution in [3.8, 4) is 5.75 Å². The summed E-state index contributed by atoms with van der Waals surface area (Å²) in [6.07, 6.45) is 2.70. The van der Waals surface area contributed by atoms with Crippen LogP contribution in [0.2, 0.25) is 0 Å². The molecule has 0 spiro atoms. The van der Waals surface area contributed by atoms with Crippen LogP contribution in [0.5, 0.6) is 5.75 Å². The zero-order valence-corrected chi connectivity index (χ0v) is 15.1. The van der Waals surface area contributed by atoms with Crippen LogP contribution in [0.3, 0.4) is 0 Å². The molecule has 140 valence electrons. The molecule has 3 atom stereocenters. The molecule has 1 aromatic carbocycles. The number of aryl methyl sites for hydroxylation is 2. The Morgan fingerprint density at radius 1 is 1.38 bits per heavy atom. The van der Waals surface area contributed by atoms with Gasteiger partial charge in [-0.15, -0.1) is 0 Å². The van der Waals surface area contributed by atoms with Crippen molar-refractivity contribution in [2.75, 3.05) is 13.2 Å². The van der Waals surface area contributed by atoms with Crippen LogP contribution in [-0.2, 0) is 26.4 Å². The van der Waals surface area contributed by atoms with Gasteiger partial charge in [0.1, 0.15) is 11.6 Å². The lowest BCUT2D eigenvalue weighted by atomic mass is 10.0. The molecule has 2 heterocycles. The van der Waals surface area contributed by atoms with Gasteiger partial charge in [0.2, 0.25) is 0 Å². The molecule has 3 N–H and O–H groups in total. The van der Waals surface area contributed by atoms with Crippen molar-refractivity contribution in [3.05, 3.63) is 45.6 Å². The van der Waals surface area contributed by atoms with Gasteiger partial charge in [-0.1, -0.05) is 12.1 Å². The summed E-state index contributed by atoms with van der Waals surface area (Å²) in [6.45, 7) is 1.76. The van der Waals surface area contributed by atoms with Crippen molar-refractivity contribution in [2.24, 2.45) is 18.7 Å². The number of ether oxygens (including phenoxy) is 1. The molecule has 0 bridgehead atoms. The highest BCUT2D eigenvalue weighted by Gasteiger charge is 2.35. The van der Waals surface area contributed by atoms with Gasteiger partial charge in [0.25, 0.3) is 0 Å². The summed E-state index contributed by atoms with van der Waals surface area (Å²) in [5.74, 6) is 1.91. The lowest BCUT2D eigenvalue weighted by Gasteiger charge is -2.09. The van der Waals surface area contributed by atoms with Gasteiger partial charge in [-0.05, 0) is 48.9 Å². The zero-order valence-electron chi connectivity index (χ0n) is 15.1. The summed E-state index contributed by atoms with van der Waals surface area (Å²) in [5, 5.41) is 14.7. The Labute approximate surface area is 152 Å². The maximum atomic E-state index is 12.5. The number of aromatic nitrogens is 3. The maximum Gasteiger partial charge on any atom is 0.345 e. The number of nitrogens with two attached hydrogens (primary N) is 1. The molecule has 1 fully saturated rings. The van der Waals surface area contributed by atoms with E-state index in [0.29, 0.717) is 19.5 Å². The first-order valence-corrected chi connectivity index (χ1v) is 9.33. The molecule has 1 aliphatic carbocycles. The van der Waals surface area contributed by atoms with Crippen LogP contribution in [0.1, 0.15) is 35.7 Å². The molecule has 7 nitrogen and oxygen atoms in total. The fraction of sp³-hybridized carbons (Fsp3) is 0.579. The van der Waals surface area contributed by atoms with E-state index in [9.17, 15) is 9.90 Å². The Bertz CT molecular complexity index is 857. The van der Waals surface area contributed by atoms with E-state index in [-0.39, 0.29) is 17.5 Å². The minimum atomic E-state index is -0.404. The Morgan fingerprint density at radius 2 is 2.23 bits per heavy atom. The highest BCUT2D eigenvalue weighted by molar-refractivity contribution is 5.39. The summed E-state index contributed by atoms with van der Waals surface area (Å²) in [7, 11) is 1.76. The predicted molar refractivity (Wildman–Crippen MR) is 97.3 cm³/mol. The fourth-order valence-electron chi connectivity index (χ4n) is 4.20.